The third kappa shape index (κ3) is 5.03. The largest absolute Gasteiger partial charge is 0.416 e. The van der Waals surface area contributed by atoms with Crippen LogP contribution in [0.1, 0.15) is 37.4 Å². The Hall–Kier alpha value is -4.90. The zero-order valence-corrected chi connectivity index (χ0v) is 21.4. The van der Waals surface area contributed by atoms with Crippen LogP contribution in [-0.2, 0) is 12.7 Å². The maximum atomic E-state index is 14.1. The van der Waals surface area contributed by atoms with Gasteiger partial charge in [-0.05, 0) is 42.5 Å². The van der Waals surface area contributed by atoms with E-state index in [2.05, 4.69) is 10.3 Å². The first-order chi connectivity index (χ1) is 19.8. The molecule has 2 heterocycles. The molecule has 1 N–H and O–H groups in total. The fraction of sp³-hybridized carbons (Fsp3) is 0.111. The Morgan fingerprint density at radius 2 is 1.81 bits per heavy atom. The molecule has 1 amide bonds. The second-order valence-corrected chi connectivity index (χ2v) is 9.29. The van der Waals surface area contributed by atoms with Gasteiger partial charge < -0.3 is 9.88 Å². The average molecular weight is 608 g/mol. The van der Waals surface area contributed by atoms with E-state index < -0.39 is 76.0 Å². The van der Waals surface area contributed by atoms with Crippen LogP contribution in [0.25, 0.3) is 16.8 Å². The number of carbonyl (C=O) groups is 2. The van der Waals surface area contributed by atoms with Crippen molar-refractivity contribution < 1.29 is 40.3 Å². The standard InChI is InChI=1S/C27H13ClF7N5O2/c28-18-2-1-14(29)8-16(18)24(41)22-17(10-36)23-20(40(11-21(31)32)26-37-3-4-39(23)26)9-19(22)38-25(42)12-5-13(27(33,34)35)7-15(30)6-12/h1-9,21H,11H2,(H,38,42). The molecule has 0 aliphatic carbocycles. The van der Waals surface area contributed by atoms with E-state index in [9.17, 15) is 45.6 Å². The number of nitriles is 1. The number of imidazole rings is 2. The van der Waals surface area contributed by atoms with Crippen LogP contribution < -0.4 is 5.32 Å². The van der Waals surface area contributed by atoms with Crippen molar-refractivity contribution in [2.24, 2.45) is 0 Å². The number of nitrogens with one attached hydrogen (secondary N) is 1. The minimum Gasteiger partial charge on any atom is -0.321 e. The maximum absolute atomic E-state index is 14.1. The lowest BCUT2D eigenvalue weighted by molar-refractivity contribution is -0.137. The van der Waals surface area contributed by atoms with Gasteiger partial charge in [0.2, 0.25) is 5.78 Å². The van der Waals surface area contributed by atoms with Crippen LogP contribution in [0, 0.1) is 23.0 Å². The minimum absolute atomic E-state index is 0.0626. The highest BCUT2D eigenvalue weighted by molar-refractivity contribution is 6.35. The number of alkyl halides is 5. The minimum atomic E-state index is -5.01. The first kappa shape index (κ1) is 28.6. The molecule has 5 rings (SSSR count). The zero-order chi connectivity index (χ0) is 30.5. The number of anilines is 1. The molecular weight excluding hydrogens is 595 g/mol. The van der Waals surface area contributed by atoms with Crippen molar-refractivity contribution in [1.29, 1.82) is 5.26 Å². The number of carbonyl (C=O) groups excluding carboxylic acids is 2. The average Bonchev–Trinajstić information content (AvgIpc) is 3.50. The topological polar surface area (TPSA) is 92.2 Å². The summed E-state index contributed by atoms with van der Waals surface area (Å²) in [5, 5.41) is 12.1. The molecule has 0 saturated carbocycles. The van der Waals surface area contributed by atoms with E-state index in [1.54, 1.807) is 6.07 Å². The van der Waals surface area contributed by atoms with E-state index in [0.717, 1.165) is 28.8 Å². The summed E-state index contributed by atoms with van der Waals surface area (Å²) in [6.45, 7) is -0.926. The van der Waals surface area contributed by atoms with E-state index in [4.69, 9.17) is 11.6 Å². The molecule has 42 heavy (non-hydrogen) atoms. The summed E-state index contributed by atoms with van der Waals surface area (Å²) in [5.74, 6) is -4.75. The van der Waals surface area contributed by atoms with Crippen LogP contribution in [0.2, 0.25) is 5.02 Å². The third-order valence-corrected chi connectivity index (χ3v) is 6.57. The van der Waals surface area contributed by atoms with Crippen LogP contribution in [-0.4, -0.2) is 32.1 Å². The number of aromatic nitrogens is 3. The van der Waals surface area contributed by atoms with Crippen molar-refractivity contribution in [3.05, 3.63) is 99.3 Å². The van der Waals surface area contributed by atoms with E-state index >= 15 is 0 Å². The summed E-state index contributed by atoms with van der Waals surface area (Å²) < 4.78 is 97.2. The van der Waals surface area contributed by atoms with Crippen molar-refractivity contribution in [3.8, 4) is 6.07 Å². The number of fused-ring (bicyclic) bond motifs is 3. The molecule has 0 aliphatic rings. The molecule has 0 bridgehead atoms. The van der Waals surface area contributed by atoms with Crippen molar-refractivity contribution in [2.45, 2.75) is 19.1 Å². The van der Waals surface area contributed by atoms with Crippen LogP contribution in [0.5, 0.6) is 0 Å². The molecule has 214 valence electrons. The van der Waals surface area contributed by atoms with E-state index in [0.29, 0.717) is 12.1 Å². The molecular formula is C27H13ClF7N5O2. The Balaban J connectivity index is 1.79. The van der Waals surface area contributed by atoms with E-state index in [1.807, 2.05) is 0 Å². The first-order valence-electron chi connectivity index (χ1n) is 11.7. The van der Waals surface area contributed by atoms with Gasteiger partial charge in [0, 0.05) is 23.5 Å². The number of rotatable bonds is 6. The highest BCUT2D eigenvalue weighted by Gasteiger charge is 2.33. The van der Waals surface area contributed by atoms with Gasteiger partial charge in [-0.15, -0.1) is 0 Å². The highest BCUT2D eigenvalue weighted by atomic mass is 35.5. The summed E-state index contributed by atoms with van der Waals surface area (Å²) in [4.78, 5) is 30.9. The molecule has 0 fully saturated rings. The Kier molecular flexibility index (Phi) is 7.15. The van der Waals surface area contributed by atoms with Crippen LogP contribution in [0.4, 0.5) is 36.4 Å². The Morgan fingerprint density at radius 1 is 1.07 bits per heavy atom. The summed E-state index contributed by atoms with van der Waals surface area (Å²) in [5.41, 5.74) is -4.49. The maximum Gasteiger partial charge on any atom is 0.416 e. The lowest BCUT2D eigenvalue weighted by Crippen LogP contribution is -2.18. The molecule has 5 aromatic rings. The predicted molar refractivity (Wildman–Crippen MR) is 136 cm³/mol. The van der Waals surface area contributed by atoms with Gasteiger partial charge in [0.1, 0.15) is 17.7 Å². The van der Waals surface area contributed by atoms with Gasteiger partial charge in [0.05, 0.1) is 45.0 Å². The van der Waals surface area contributed by atoms with Crippen molar-refractivity contribution in [3.63, 3.8) is 0 Å². The van der Waals surface area contributed by atoms with Crippen LogP contribution >= 0.6 is 11.6 Å². The molecule has 0 spiro atoms. The number of halogens is 8. The molecule has 7 nitrogen and oxygen atoms in total. The number of ketones is 1. The first-order valence-corrected chi connectivity index (χ1v) is 12.1. The van der Waals surface area contributed by atoms with Gasteiger partial charge in [-0.25, -0.2) is 22.5 Å². The highest BCUT2D eigenvalue weighted by Crippen LogP contribution is 2.36. The molecule has 0 atom stereocenters. The number of hydrogen-bond donors (Lipinski definition) is 1. The summed E-state index contributed by atoms with van der Waals surface area (Å²) in [6, 6.07) is 6.65. The van der Waals surface area contributed by atoms with E-state index in [1.165, 1.54) is 16.8 Å². The number of benzene rings is 3. The smallest absolute Gasteiger partial charge is 0.321 e. The summed E-state index contributed by atoms with van der Waals surface area (Å²) in [6.07, 6.45) is -5.34. The summed E-state index contributed by atoms with van der Waals surface area (Å²) >= 11 is 6.12. The van der Waals surface area contributed by atoms with Gasteiger partial charge in [0.25, 0.3) is 12.3 Å². The Bertz CT molecular complexity index is 1960. The number of hydrogen-bond acceptors (Lipinski definition) is 4. The van der Waals surface area contributed by atoms with Crippen molar-refractivity contribution in [1.82, 2.24) is 14.0 Å². The van der Waals surface area contributed by atoms with Gasteiger partial charge in [0.15, 0.2) is 5.78 Å². The normalized spacial score (nSPS) is 11.8. The second-order valence-electron chi connectivity index (χ2n) is 8.89. The molecule has 0 saturated heterocycles. The summed E-state index contributed by atoms with van der Waals surface area (Å²) in [7, 11) is 0. The van der Waals surface area contributed by atoms with Crippen LogP contribution in [0.3, 0.4) is 0 Å². The third-order valence-electron chi connectivity index (χ3n) is 6.24. The lowest BCUT2D eigenvalue weighted by Gasteiger charge is -2.16. The van der Waals surface area contributed by atoms with E-state index in [-0.39, 0.29) is 27.9 Å². The molecule has 15 heteroatoms. The Morgan fingerprint density at radius 3 is 2.48 bits per heavy atom. The van der Waals surface area contributed by atoms with Gasteiger partial charge in [-0.3, -0.25) is 14.0 Å². The number of nitrogens with zero attached hydrogens (tertiary/aromatic N) is 4. The van der Waals surface area contributed by atoms with Gasteiger partial charge in [-0.2, -0.15) is 18.4 Å². The van der Waals surface area contributed by atoms with Crippen LogP contribution in [0.15, 0.2) is 54.9 Å². The second kappa shape index (κ2) is 10.5. The molecule has 0 unspecified atom stereocenters. The quantitative estimate of drug-likeness (QED) is 0.169. The molecule has 2 aromatic heterocycles. The van der Waals surface area contributed by atoms with Gasteiger partial charge in [-0.1, -0.05) is 11.6 Å². The van der Waals surface area contributed by atoms with Crippen molar-refractivity contribution >= 4 is 45.8 Å². The van der Waals surface area contributed by atoms with Gasteiger partial charge >= 0.3 is 6.18 Å². The fourth-order valence-corrected chi connectivity index (χ4v) is 4.74. The molecule has 0 radical (unpaired) electrons. The SMILES string of the molecule is N#Cc1c(C(=O)c2cc(F)ccc2Cl)c(NC(=O)c2cc(F)cc(C(F)(F)F)c2)cc2c1n1ccnc1n2CC(F)F. The Labute approximate surface area is 235 Å². The zero-order valence-electron chi connectivity index (χ0n) is 20.6. The monoisotopic (exact) mass is 607 g/mol. The molecule has 3 aromatic carbocycles. The fourth-order valence-electron chi connectivity index (χ4n) is 4.53. The lowest BCUT2D eigenvalue weighted by atomic mass is 9.95. The number of amides is 1. The van der Waals surface area contributed by atoms with Crippen molar-refractivity contribution in [2.75, 3.05) is 5.32 Å². The molecule has 0 aliphatic heterocycles. The predicted octanol–water partition coefficient (Wildman–Crippen LogP) is 6.86.